The second kappa shape index (κ2) is 8.81. The van der Waals surface area contributed by atoms with E-state index in [0.29, 0.717) is 43.4 Å². The van der Waals surface area contributed by atoms with E-state index < -0.39 is 0 Å². The first-order valence-corrected chi connectivity index (χ1v) is 11.0. The highest BCUT2D eigenvalue weighted by molar-refractivity contribution is 7.17. The zero-order chi connectivity index (χ0) is 20.4. The minimum atomic E-state index is -0.388. The van der Waals surface area contributed by atoms with Crippen LogP contribution in [0.1, 0.15) is 40.1 Å². The molecule has 4 rings (SSSR count). The Labute approximate surface area is 174 Å². The zero-order valence-electron chi connectivity index (χ0n) is 16.7. The molecule has 2 saturated heterocycles. The molecule has 0 bridgehead atoms. The average molecular weight is 422 g/mol. The van der Waals surface area contributed by atoms with Crippen LogP contribution in [0.2, 0.25) is 0 Å². The number of piperazine rings is 1. The molecule has 0 spiro atoms. The summed E-state index contributed by atoms with van der Waals surface area (Å²) in [6, 6.07) is 0. The number of ether oxygens (including phenoxy) is 2. The molecule has 0 aromatic carbocycles. The number of fused-ring (bicyclic) bond motifs is 1. The van der Waals surface area contributed by atoms with Crippen molar-refractivity contribution in [3.63, 3.8) is 0 Å². The van der Waals surface area contributed by atoms with Gasteiger partial charge in [0.05, 0.1) is 19.2 Å². The van der Waals surface area contributed by atoms with Gasteiger partial charge < -0.3 is 19.7 Å². The van der Waals surface area contributed by atoms with E-state index in [9.17, 15) is 14.4 Å². The zero-order valence-corrected chi connectivity index (χ0v) is 17.5. The van der Waals surface area contributed by atoms with Crippen molar-refractivity contribution in [1.82, 2.24) is 9.80 Å². The SMILES string of the molecule is COC(=O)c1c(NC(=O)CN2CCN(C(=O)[C@@H]3CCCO3)CC2)sc2c1CCC2. The average Bonchev–Trinajstić information content (AvgIpc) is 3.45. The van der Waals surface area contributed by atoms with Gasteiger partial charge >= 0.3 is 5.97 Å². The summed E-state index contributed by atoms with van der Waals surface area (Å²) in [4.78, 5) is 42.3. The lowest BCUT2D eigenvalue weighted by molar-refractivity contribution is -0.142. The number of carbonyl (C=O) groups excluding carboxylic acids is 3. The van der Waals surface area contributed by atoms with Gasteiger partial charge in [-0.1, -0.05) is 0 Å². The van der Waals surface area contributed by atoms with Crippen molar-refractivity contribution in [2.45, 2.75) is 38.2 Å². The highest BCUT2D eigenvalue weighted by atomic mass is 32.1. The third-order valence-corrected chi connectivity index (χ3v) is 7.03. The van der Waals surface area contributed by atoms with Gasteiger partial charge in [-0.05, 0) is 37.7 Å². The third kappa shape index (κ3) is 4.31. The lowest BCUT2D eigenvalue weighted by Gasteiger charge is -2.35. The summed E-state index contributed by atoms with van der Waals surface area (Å²) in [7, 11) is 1.37. The van der Waals surface area contributed by atoms with Gasteiger partial charge in [0, 0.05) is 37.7 Å². The summed E-state index contributed by atoms with van der Waals surface area (Å²) in [5.74, 6) is -0.461. The Kier molecular flexibility index (Phi) is 6.17. The Balaban J connectivity index is 1.31. The molecule has 0 saturated carbocycles. The van der Waals surface area contributed by atoms with E-state index in [0.717, 1.165) is 37.7 Å². The fraction of sp³-hybridized carbons (Fsp3) is 0.650. The van der Waals surface area contributed by atoms with Crippen molar-refractivity contribution in [3.8, 4) is 0 Å². The quantitative estimate of drug-likeness (QED) is 0.721. The lowest BCUT2D eigenvalue weighted by Crippen LogP contribution is -2.52. The van der Waals surface area contributed by atoms with E-state index in [2.05, 4.69) is 5.32 Å². The number of methoxy groups -OCH3 is 1. The summed E-state index contributed by atoms with van der Waals surface area (Å²) >= 11 is 1.48. The Morgan fingerprint density at radius 2 is 1.97 bits per heavy atom. The van der Waals surface area contributed by atoms with Gasteiger partial charge in [-0.3, -0.25) is 14.5 Å². The van der Waals surface area contributed by atoms with E-state index in [4.69, 9.17) is 9.47 Å². The largest absolute Gasteiger partial charge is 0.465 e. The van der Waals surface area contributed by atoms with Crippen molar-refractivity contribution in [2.75, 3.05) is 51.8 Å². The van der Waals surface area contributed by atoms with Gasteiger partial charge in [0.1, 0.15) is 11.1 Å². The van der Waals surface area contributed by atoms with Crippen molar-refractivity contribution in [1.29, 1.82) is 0 Å². The van der Waals surface area contributed by atoms with Crippen LogP contribution >= 0.6 is 11.3 Å². The van der Waals surface area contributed by atoms with Crippen molar-refractivity contribution >= 4 is 34.1 Å². The summed E-state index contributed by atoms with van der Waals surface area (Å²) in [5.41, 5.74) is 1.55. The summed E-state index contributed by atoms with van der Waals surface area (Å²) in [5, 5.41) is 3.51. The summed E-state index contributed by atoms with van der Waals surface area (Å²) in [6.45, 7) is 3.41. The van der Waals surface area contributed by atoms with Crippen LogP contribution in [-0.2, 0) is 31.9 Å². The lowest BCUT2D eigenvalue weighted by atomic mass is 10.1. The van der Waals surface area contributed by atoms with Crippen LogP contribution in [0.4, 0.5) is 5.00 Å². The standard InChI is InChI=1S/C20H27N3O5S/c1-27-20(26)17-13-4-2-6-15(13)29-18(17)21-16(24)12-22-7-9-23(10-8-22)19(25)14-5-3-11-28-14/h14H,2-12H2,1H3,(H,21,24)/t14-/m0/s1. The second-order valence-corrected chi connectivity index (χ2v) is 8.81. The maximum absolute atomic E-state index is 12.6. The van der Waals surface area contributed by atoms with E-state index >= 15 is 0 Å². The third-order valence-electron chi connectivity index (χ3n) is 5.82. The maximum Gasteiger partial charge on any atom is 0.341 e. The molecular weight excluding hydrogens is 394 g/mol. The van der Waals surface area contributed by atoms with Gasteiger partial charge in [-0.15, -0.1) is 11.3 Å². The van der Waals surface area contributed by atoms with Crippen molar-refractivity contribution in [3.05, 3.63) is 16.0 Å². The summed E-state index contributed by atoms with van der Waals surface area (Å²) in [6.07, 6.45) is 4.29. The van der Waals surface area contributed by atoms with E-state index in [-0.39, 0.29) is 30.4 Å². The molecule has 2 aliphatic heterocycles. The Hall–Kier alpha value is -1.97. The molecule has 1 aromatic rings. The van der Waals surface area contributed by atoms with Gasteiger partial charge in [-0.2, -0.15) is 0 Å². The topological polar surface area (TPSA) is 88.2 Å². The number of hydrogen-bond acceptors (Lipinski definition) is 7. The molecule has 158 valence electrons. The van der Waals surface area contributed by atoms with E-state index in [1.807, 2.05) is 9.80 Å². The van der Waals surface area contributed by atoms with Crippen LogP contribution in [-0.4, -0.2) is 80.1 Å². The monoisotopic (exact) mass is 421 g/mol. The van der Waals surface area contributed by atoms with Crippen molar-refractivity contribution in [2.24, 2.45) is 0 Å². The van der Waals surface area contributed by atoms with E-state index in [1.54, 1.807) is 0 Å². The van der Waals surface area contributed by atoms with Gasteiger partial charge in [0.2, 0.25) is 5.91 Å². The number of esters is 1. The number of amides is 2. The molecule has 2 fully saturated rings. The first kappa shape index (κ1) is 20.3. The van der Waals surface area contributed by atoms with Crippen LogP contribution in [0, 0.1) is 0 Å². The molecular formula is C20H27N3O5S. The van der Waals surface area contributed by atoms with Gasteiger partial charge in [0.15, 0.2) is 0 Å². The number of thiophene rings is 1. The number of carbonyl (C=O) groups is 3. The highest BCUT2D eigenvalue weighted by Gasteiger charge is 2.31. The second-order valence-electron chi connectivity index (χ2n) is 7.70. The molecule has 1 aromatic heterocycles. The fourth-order valence-electron chi connectivity index (χ4n) is 4.28. The minimum absolute atomic E-state index is 0.0717. The van der Waals surface area contributed by atoms with Crippen molar-refractivity contribution < 1.29 is 23.9 Å². The van der Waals surface area contributed by atoms with Gasteiger partial charge in [-0.25, -0.2) is 4.79 Å². The molecule has 2 amide bonds. The number of rotatable bonds is 5. The molecule has 9 heteroatoms. The molecule has 3 aliphatic rings. The molecule has 3 heterocycles. The number of hydrogen-bond donors (Lipinski definition) is 1. The Morgan fingerprint density at radius 3 is 2.66 bits per heavy atom. The molecule has 1 aliphatic carbocycles. The first-order valence-electron chi connectivity index (χ1n) is 10.2. The fourth-order valence-corrected chi connectivity index (χ4v) is 5.58. The molecule has 1 N–H and O–H groups in total. The van der Waals surface area contributed by atoms with Crippen LogP contribution in [0.25, 0.3) is 0 Å². The summed E-state index contributed by atoms with van der Waals surface area (Å²) < 4.78 is 10.4. The maximum atomic E-state index is 12.6. The number of nitrogens with one attached hydrogen (secondary N) is 1. The van der Waals surface area contributed by atoms with Gasteiger partial charge in [0.25, 0.3) is 5.91 Å². The van der Waals surface area contributed by atoms with Crippen LogP contribution in [0.15, 0.2) is 0 Å². The highest BCUT2D eigenvalue weighted by Crippen LogP contribution is 2.39. The number of anilines is 1. The van der Waals surface area contributed by atoms with Crippen LogP contribution < -0.4 is 5.32 Å². The molecule has 8 nitrogen and oxygen atoms in total. The number of aryl methyl sites for hydroxylation is 1. The van der Waals surface area contributed by atoms with Crippen LogP contribution in [0.3, 0.4) is 0 Å². The van der Waals surface area contributed by atoms with E-state index in [1.165, 1.54) is 23.3 Å². The minimum Gasteiger partial charge on any atom is -0.465 e. The molecule has 0 unspecified atom stereocenters. The normalized spacial score (nSPS) is 21.8. The molecule has 29 heavy (non-hydrogen) atoms. The number of nitrogens with zero attached hydrogens (tertiary/aromatic N) is 2. The molecule has 0 radical (unpaired) electrons. The predicted molar refractivity (Wildman–Crippen MR) is 108 cm³/mol. The Bertz CT molecular complexity index is 794. The van der Waals surface area contributed by atoms with Crippen LogP contribution in [0.5, 0.6) is 0 Å². The Morgan fingerprint density at radius 1 is 1.17 bits per heavy atom. The smallest absolute Gasteiger partial charge is 0.341 e. The predicted octanol–water partition coefficient (Wildman–Crippen LogP) is 1.29. The molecule has 1 atom stereocenters. The first-order chi connectivity index (χ1) is 14.1.